The Balaban J connectivity index is 2.25. The van der Waals surface area contributed by atoms with Gasteiger partial charge in [0.05, 0.1) is 5.69 Å². The first-order chi connectivity index (χ1) is 6.74. The molecule has 2 aromatic rings. The van der Waals surface area contributed by atoms with Gasteiger partial charge in [0.2, 0.25) is 0 Å². The third-order valence-corrected chi connectivity index (χ3v) is 1.94. The van der Waals surface area contributed by atoms with Gasteiger partial charge in [0, 0.05) is 23.8 Å². The van der Waals surface area contributed by atoms with Gasteiger partial charge in [0.1, 0.15) is 0 Å². The van der Waals surface area contributed by atoms with Crippen LogP contribution in [0, 0.1) is 13.8 Å². The summed E-state index contributed by atoms with van der Waals surface area (Å²) in [7, 11) is 0. The van der Waals surface area contributed by atoms with Gasteiger partial charge in [0.25, 0.3) is 0 Å². The van der Waals surface area contributed by atoms with E-state index < -0.39 is 0 Å². The predicted molar refractivity (Wildman–Crippen MR) is 57.2 cm³/mol. The molecule has 0 radical (unpaired) electrons. The van der Waals surface area contributed by atoms with Gasteiger partial charge in [-0.05, 0) is 38.1 Å². The molecule has 0 spiro atoms. The molecule has 0 bridgehead atoms. The van der Waals surface area contributed by atoms with Gasteiger partial charge >= 0.3 is 0 Å². The molecule has 0 aromatic carbocycles. The van der Waals surface area contributed by atoms with Crippen molar-refractivity contribution in [1.29, 1.82) is 0 Å². The highest BCUT2D eigenvalue weighted by Gasteiger charge is 1.96. The first-order valence-corrected chi connectivity index (χ1v) is 4.59. The Hall–Kier alpha value is -1.77. The average molecular weight is 187 g/mol. The minimum atomic E-state index is 1.03. The van der Waals surface area contributed by atoms with E-state index in [1.807, 2.05) is 55.2 Å². The summed E-state index contributed by atoms with van der Waals surface area (Å²) in [6.07, 6.45) is 3.93. The van der Waals surface area contributed by atoms with Crippen molar-refractivity contribution in [3.63, 3.8) is 0 Å². The largest absolute Gasteiger partial charge is 0.295 e. The molecule has 0 atom stereocenters. The summed E-state index contributed by atoms with van der Waals surface area (Å²) in [4.78, 5) is 4.31. The van der Waals surface area contributed by atoms with E-state index in [0.29, 0.717) is 0 Å². The minimum absolute atomic E-state index is 1.03. The second kappa shape index (κ2) is 3.54. The normalized spacial score (nSPS) is 10.1. The molecule has 0 fully saturated rings. The topological polar surface area (TPSA) is 29.9 Å². The van der Waals surface area contributed by atoms with E-state index >= 15 is 0 Å². The fraction of sp³-hybridized carbons (Fsp3) is 0.182. The second-order valence-electron chi connectivity index (χ2n) is 3.34. The van der Waals surface area contributed by atoms with Crippen LogP contribution in [-0.2, 0) is 0 Å². The quantitative estimate of drug-likeness (QED) is 0.782. The van der Waals surface area contributed by atoms with Crippen LogP contribution < -0.4 is 5.43 Å². The Labute approximate surface area is 83.4 Å². The fourth-order valence-corrected chi connectivity index (χ4v) is 1.46. The summed E-state index contributed by atoms with van der Waals surface area (Å²) < 4.78 is 1.91. The molecule has 2 aromatic heterocycles. The lowest BCUT2D eigenvalue weighted by atomic mass is 10.3. The maximum atomic E-state index is 4.31. The summed E-state index contributed by atoms with van der Waals surface area (Å²) in [5.41, 5.74) is 6.36. The lowest BCUT2D eigenvalue weighted by Gasteiger charge is -2.08. The van der Waals surface area contributed by atoms with Crippen molar-refractivity contribution in [2.24, 2.45) is 0 Å². The maximum absolute atomic E-state index is 4.31. The molecule has 0 aliphatic rings. The summed E-state index contributed by atoms with van der Waals surface area (Å²) >= 11 is 0. The third kappa shape index (κ3) is 1.93. The van der Waals surface area contributed by atoms with Crippen LogP contribution in [0.25, 0.3) is 0 Å². The highest BCUT2D eigenvalue weighted by Crippen LogP contribution is 2.10. The fourth-order valence-electron chi connectivity index (χ4n) is 1.46. The van der Waals surface area contributed by atoms with Crippen LogP contribution in [-0.4, -0.2) is 9.66 Å². The van der Waals surface area contributed by atoms with E-state index in [1.54, 1.807) is 0 Å². The van der Waals surface area contributed by atoms with Gasteiger partial charge in [-0.15, -0.1) is 0 Å². The van der Waals surface area contributed by atoms with Crippen molar-refractivity contribution in [3.8, 4) is 0 Å². The molecule has 2 rings (SSSR count). The number of anilines is 1. The zero-order valence-corrected chi connectivity index (χ0v) is 8.36. The molecule has 2 heterocycles. The van der Waals surface area contributed by atoms with Crippen LogP contribution in [0.1, 0.15) is 11.4 Å². The molecule has 3 nitrogen and oxygen atoms in total. The molecule has 0 saturated heterocycles. The van der Waals surface area contributed by atoms with Crippen molar-refractivity contribution in [1.82, 2.24) is 9.66 Å². The van der Waals surface area contributed by atoms with E-state index in [9.17, 15) is 0 Å². The van der Waals surface area contributed by atoms with Crippen molar-refractivity contribution >= 4 is 5.69 Å². The van der Waals surface area contributed by atoms with Crippen LogP contribution in [0.5, 0.6) is 0 Å². The molecule has 14 heavy (non-hydrogen) atoms. The molecule has 0 aliphatic carbocycles. The van der Waals surface area contributed by atoms with Crippen molar-refractivity contribution in [2.45, 2.75) is 13.8 Å². The Morgan fingerprint density at radius 2 is 1.64 bits per heavy atom. The molecule has 0 amide bonds. The van der Waals surface area contributed by atoms with Crippen molar-refractivity contribution in [3.05, 3.63) is 48.0 Å². The van der Waals surface area contributed by atoms with Gasteiger partial charge in [-0.2, -0.15) is 0 Å². The highest BCUT2D eigenvalue weighted by atomic mass is 15.4. The number of aryl methyl sites for hydroxylation is 2. The van der Waals surface area contributed by atoms with Crippen LogP contribution in [0.3, 0.4) is 0 Å². The predicted octanol–water partition coefficient (Wildman–Crippen LogP) is 2.38. The van der Waals surface area contributed by atoms with Gasteiger partial charge in [0.15, 0.2) is 0 Å². The van der Waals surface area contributed by atoms with E-state index in [0.717, 1.165) is 17.1 Å². The SMILES string of the molecule is Cc1cc(Nn2cccc2)cc(C)n1. The van der Waals surface area contributed by atoms with Gasteiger partial charge in [-0.3, -0.25) is 15.1 Å². The number of rotatable bonds is 2. The first kappa shape index (κ1) is 8.81. The molecular formula is C11H13N3. The summed E-state index contributed by atoms with van der Waals surface area (Å²) in [6.45, 7) is 3.99. The van der Waals surface area contributed by atoms with E-state index in [4.69, 9.17) is 0 Å². The zero-order valence-electron chi connectivity index (χ0n) is 8.36. The molecule has 3 heteroatoms. The molecular weight excluding hydrogens is 174 g/mol. The van der Waals surface area contributed by atoms with E-state index in [1.165, 1.54) is 0 Å². The third-order valence-electron chi connectivity index (χ3n) is 1.94. The summed E-state index contributed by atoms with van der Waals surface area (Å²) in [5.74, 6) is 0. The monoisotopic (exact) mass is 187 g/mol. The number of hydrogen-bond acceptors (Lipinski definition) is 2. The lowest BCUT2D eigenvalue weighted by molar-refractivity contribution is 0.963. The van der Waals surface area contributed by atoms with E-state index in [2.05, 4.69) is 10.4 Å². The van der Waals surface area contributed by atoms with Crippen LogP contribution >= 0.6 is 0 Å². The Morgan fingerprint density at radius 1 is 1.07 bits per heavy atom. The molecule has 1 N–H and O–H groups in total. The van der Waals surface area contributed by atoms with Crippen LogP contribution in [0.15, 0.2) is 36.7 Å². The van der Waals surface area contributed by atoms with Gasteiger partial charge in [-0.25, -0.2) is 0 Å². The summed E-state index contributed by atoms with van der Waals surface area (Å²) in [5, 5.41) is 0. The number of aromatic nitrogens is 2. The standard InChI is InChI=1S/C11H13N3/c1-9-7-11(8-10(2)12-9)13-14-5-3-4-6-14/h3-8H,1-2H3,(H,12,13). The number of nitrogens with zero attached hydrogens (tertiary/aromatic N) is 2. The molecule has 72 valence electrons. The van der Waals surface area contributed by atoms with Crippen LogP contribution in [0.4, 0.5) is 5.69 Å². The Kier molecular flexibility index (Phi) is 2.23. The lowest BCUT2D eigenvalue weighted by Crippen LogP contribution is -2.06. The van der Waals surface area contributed by atoms with E-state index in [-0.39, 0.29) is 0 Å². The van der Waals surface area contributed by atoms with Crippen molar-refractivity contribution < 1.29 is 0 Å². The molecule has 0 aliphatic heterocycles. The minimum Gasteiger partial charge on any atom is -0.295 e. The average Bonchev–Trinajstić information content (AvgIpc) is 2.54. The Bertz CT molecular complexity index is 398. The second-order valence-corrected chi connectivity index (χ2v) is 3.34. The number of pyridine rings is 1. The number of nitrogens with one attached hydrogen (secondary N) is 1. The number of hydrogen-bond donors (Lipinski definition) is 1. The van der Waals surface area contributed by atoms with Crippen molar-refractivity contribution in [2.75, 3.05) is 5.43 Å². The van der Waals surface area contributed by atoms with Crippen LogP contribution in [0.2, 0.25) is 0 Å². The Morgan fingerprint density at radius 3 is 2.21 bits per heavy atom. The highest BCUT2D eigenvalue weighted by molar-refractivity contribution is 5.44. The first-order valence-electron chi connectivity index (χ1n) is 4.59. The smallest absolute Gasteiger partial charge is 0.0581 e. The van der Waals surface area contributed by atoms with Gasteiger partial charge < -0.3 is 0 Å². The maximum Gasteiger partial charge on any atom is 0.0581 e. The van der Waals surface area contributed by atoms with Gasteiger partial charge in [-0.1, -0.05) is 0 Å². The zero-order chi connectivity index (χ0) is 9.97. The molecule has 0 saturated carbocycles. The molecule has 0 unspecified atom stereocenters. The summed E-state index contributed by atoms with van der Waals surface area (Å²) in [6, 6.07) is 8.00.